The van der Waals surface area contributed by atoms with Crippen molar-refractivity contribution in [2.45, 2.75) is 38.7 Å². The second-order valence-electron chi connectivity index (χ2n) is 10.8. The summed E-state index contributed by atoms with van der Waals surface area (Å²) in [5.74, 6) is 0.913. The molecule has 1 saturated heterocycles. The van der Waals surface area contributed by atoms with Gasteiger partial charge in [-0.3, -0.25) is 9.47 Å². The molecule has 0 aliphatic carbocycles. The molecule has 4 aromatic rings. The maximum Gasteiger partial charge on any atom is 0.256 e. The molecule has 3 heterocycles. The Morgan fingerprint density at radius 2 is 1.80 bits per heavy atom. The fraction of sp³-hybridized carbons (Fsp3) is 0.375. The van der Waals surface area contributed by atoms with Crippen LogP contribution < -0.4 is 15.6 Å². The summed E-state index contributed by atoms with van der Waals surface area (Å²) in [5, 5.41) is 4.13. The molecule has 1 aliphatic rings. The molecule has 1 fully saturated rings. The van der Waals surface area contributed by atoms with Crippen LogP contribution in [0.2, 0.25) is 0 Å². The highest BCUT2D eigenvalue weighted by atomic mass is 16.5. The number of nitrogens with zero attached hydrogens (tertiary/aromatic N) is 4. The number of fused-ring (bicyclic) bond motifs is 1. The molecule has 0 atom stereocenters. The molecule has 5 rings (SSSR count). The summed E-state index contributed by atoms with van der Waals surface area (Å²) in [6.45, 7) is 7.54. The number of hydrogen-bond donors (Lipinski definition) is 2. The number of nitrogens with one attached hydrogen (secondary N) is 2. The molecule has 2 aromatic carbocycles. The van der Waals surface area contributed by atoms with Crippen LogP contribution in [0.4, 0.5) is 17.2 Å². The average Bonchev–Trinajstić information content (AvgIpc) is 3.38. The van der Waals surface area contributed by atoms with Crippen molar-refractivity contribution in [1.29, 1.82) is 0 Å². The zero-order chi connectivity index (χ0) is 28.1. The average molecular weight is 541 g/mol. The zero-order valence-electron chi connectivity index (χ0n) is 23.9. The molecular formula is C32H40N6O2. The molecule has 0 radical (unpaired) electrons. The SMILES string of the molecule is CNn1ccc2cc(N(CCOC(C)C)c3ccnc(NC(=O)c4ccc(C5CCN(C)CC5)cc4)c3)ccc21. The van der Waals surface area contributed by atoms with E-state index in [0.717, 1.165) is 48.2 Å². The standard InChI is InChI=1S/C32H40N6O2/c1-23(2)40-20-19-37(28-9-10-30-27(21-28)14-18-38(30)33-3)29-11-15-34-31(22-29)35-32(39)26-7-5-24(6-8-26)25-12-16-36(4)17-13-25/h5-11,14-15,18,21-23,25,33H,12-13,16-17,19-20H2,1-4H3,(H,34,35,39). The maximum absolute atomic E-state index is 13.1. The molecule has 40 heavy (non-hydrogen) atoms. The van der Waals surface area contributed by atoms with E-state index in [-0.39, 0.29) is 12.0 Å². The van der Waals surface area contributed by atoms with Crippen molar-refractivity contribution >= 4 is 34.0 Å². The van der Waals surface area contributed by atoms with Gasteiger partial charge >= 0.3 is 0 Å². The lowest BCUT2D eigenvalue weighted by molar-refractivity contribution is 0.0851. The lowest BCUT2D eigenvalue weighted by atomic mass is 9.89. The minimum absolute atomic E-state index is 0.145. The third-order valence-corrected chi connectivity index (χ3v) is 7.65. The molecule has 210 valence electrons. The molecule has 0 unspecified atom stereocenters. The van der Waals surface area contributed by atoms with Crippen molar-refractivity contribution in [3.8, 4) is 0 Å². The monoisotopic (exact) mass is 540 g/mol. The first-order valence-electron chi connectivity index (χ1n) is 14.1. The summed E-state index contributed by atoms with van der Waals surface area (Å²) in [7, 11) is 4.08. The van der Waals surface area contributed by atoms with E-state index < -0.39 is 0 Å². The number of likely N-dealkylation sites (tertiary alicyclic amines) is 1. The summed E-state index contributed by atoms with van der Waals surface area (Å²) in [4.78, 5) is 22.1. The van der Waals surface area contributed by atoms with Gasteiger partial charge in [-0.15, -0.1) is 0 Å². The van der Waals surface area contributed by atoms with E-state index in [0.29, 0.717) is 30.5 Å². The number of rotatable bonds is 10. The van der Waals surface area contributed by atoms with Crippen molar-refractivity contribution in [2.75, 3.05) is 56.0 Å². The third kappa shape index (κ3) is 6.46. The van der Waals surface area contributed by atoms with Gasteiger partial charge in [0.05, 0.1) is 18.2 Å². The molecule has 8 heteroatoms. The van der Waals surface area contributed by atoms with E-state index in [2.05, 4.69) is 69.0 Å². The van der Waals surface area contributed by atoms with Gasteiger partial charge in [0.15, 0.2) is 0 Å². The summed E-state index contributed by atoms with van der Waals surface area (Å²) in [6.07, 6.45) is 6.21. The fourth-order valence-electron chi connectivity index (χ4n) is 5.37. The van der Waals surface area contributed by atoms with Gasteiger partial charge in [-0.05, 0) is 101 Å². The van der Waals surface area contributed by atoms with E-state index in [1.165, 1.54) is 5.56 Å². The van der Waals surface area contributed by atoms with Crippen LogP contribution in [0.3, 0.4) is 0 Å². The Balaban J connectivity index is 1.33. The molecule has 1 aliphatic heterocycles. The summed E-state index contributed by atoms with van der Waals surface area (Å²) in [5.41, 5.74) is 8.19. The highest BCUT2D eigenvalue weighted by Crippen LogP contribution is 2.30. The Morgan fingerprint density at radius 3 is 2.52 bits per heavy atom. The molecule has 0 spiro atoms. The molecule has 2 N–H and O–H groups in total. The largest absolute Gasteiger partial charge is 0.377 e. The highest BCUT2D eigenvalue weighted by Gasteiger charge is 2.19. The van der Waals surface area contributed by atoms with Gasteiger partial charge in [0.25, 0.3) is 5.91 Å². The van der Waals surface area contributed by atoms with Crippen LogP contribution in [-0.4, -0.2) is 66.9 Å². The van der Waals surface area contributed by atoms with Gasteiger partial charge in [0, 0.05) is 54.4 Å². The number of pyridine rings is 1. The van der Waals surface area contributed by atoms with Gasteiger partial charge < -0.3 is 25.3 Å². The minimum atomic E-state index is -0.163. The number of carbonyl (C=O) groups excluding carboxylic acids is 1. The van der Waals surface area contributed by atoms with E-state index in [4.69, 9.17) is 4.74 Å². The smallest absolute Gasteiger partial charge is 0.256 e. The number of anilines is 3. The van der Waals surface area contributed by atoms with Crippen LogP contribution in [0.25, 0.3) is 10.9 Å². The highest BCUT2D eigenvalue weighted by molar-refractivity contribution is 6.04. The van der Waals surface area contributed by atoms with Crippen molar-refractivity contribution in [1.82, 2.24) is 14.6 Å². The molecule has 1 amide bonds. The fourth-order valence-corrected chi connectivity index (χ4v) is 5.37. The topological polar surface area (TPSA) is 74.7 Å². The zero-order valence-corrected chi connectivity index (χ0v) is 23.9. The molecular weight excluding hydrogens is 500 g/mol. The van der Waals surface area contributed by atoms with Crippen LogP contribution in [0.15, 0.2) is 73.1 Å². The quantitative estimate of drug-likeness (QED) is 0.264. The minimum Gasteiger partial charge on any atom is -0.377 e. The Morgan fingerprint density at radius 1 is 1.05 bits per heavy atom. The maximum atomic E-state index is 13.1. The Hall–Kier alpha value is -3.88. The second-order valence-corrected chi connectivity index (χ2v) is 10.8. The first-order chi connectivity index (χ1) is 19.4. The first-order valence-corrected chi connectivity index (χ1v) is 14.1. The van der Waals surface area contributed by atoms with Crippen LogP contribution in [0, 0.1) is 0 Å². The van der Waals surface area contributed by atoms with Crippen molar-refractivity contribution in [3.05, 3.63) is 84.2 Å². The van der Waals surface area contributed by atoms with Gasteiger partial charge in [-0.25, -0.2) is 4.98 Å². The van der Waals surface area contributed by atoms with Gasteiger partial charge in [-0.1, -0.05) is 12.1 Å². The van der Waals surface area contributed by atoms with Gasteiger partial charge in [0.2, 0.25) is 0 Å². The normalized spacial score (nSPS) is 14.5. The number of ether oxygens (including phenoxy) is 1. The van der Waals surface area contributed by atoms with Crippen molar-refractivity contribution < 1.29 is 9.53 Å². The van der Waals surface area contributed by atoms with Crippen LogP contribution in [0.5, 0.6) is 0 Å². The lowest BCUT2D eigenvalue weighted by Crippen LogP contribution is -2.29. The summed E-state index contributed by atoms with van der Waals surface area (Å²) in [6, 6.07) is 20.4. The van der Waals surface area contributed by atoms with E-state index >= 15 is 0 Å². The predicted molar refractivity (Wildman–Crippen MR) is 163 cm³/mol. The second kappa shape index (κ2) is 12.5. The number of benzene rings is 2. The van der Waals surface area contributed by atoms with E-state index in [9.17, 15) is 4.79 Å². The van der Waals surface area contributed by atoms with Crippen LogP contribution >= 0.6 is 0 Å². The number of piperidine rings is 1. The molecule has 0 saturated carbocycles. The molecule has 2 aromatic heterocycles. The Bertz CT molecular complexity index is 1420. The summed E-state index contributed by atoms with van der Waals surface area (Å²) < 4.78 is 7.88. The number of hydrogen-bond acceptors (Lipinski definition) is 6. The molecule has 8 nitrogen and oxygen atoms in total. The van der Waals surface area contributed by atoms with Gasteiger partial charge in [-0.2, -0.15) is 0 Å². The van der Waals surface area contributed by atoms with E-state index in [1.807, 2.05) is 56.0 Å². The Labute approximate surface area is 236 Å². The first kappa shape index (κ1) is 27.7. The lowest BCUT2D eigenvalue weighted by Gasteiger charge is -2.29. The molecule has 0 bridgehead atoms. The van der Waals surface area contributed by atoms with Crippen molar-refractivity contribution in [2.24, 2.45) is 0 Å². The van der Waals surface area contributed by atoms with Gasteiger partial charge in [0.1, 0.15) is 5.82 Å². The predicted octanol–water partition coefficient (Wildman–Crippen LogP) is 5.83. The van der Waals surface area contributed by atoms with Crippen molar-refractivity contribution in [3.63, 3.8) is 0 Å². The number of aromatic nitrogens is 2. The van der Waals surface area contributed by atoms with Crippen LogP contribution in [-0.2, 0) is 4.74 Å². The van der Waals surface area contributed by atoms with E-state index in [1.54, 1.807) is 6.20 Å². The third-order valence-electron chi connectivity index (χ3n) is 7.65. The Kier molecular flexibility index (Phi) is 8.67. The number of amides is 1. The van der Waals surface area contributed by atoms with Crippen LogP contribution in [0.1, 0.15) is 48.5 Å². The number of carbonyl (C=O) groups is 1. The summed E-state index contributed by atoms with van der Waals surface area (Å²) >= 11 is 0.